The molecule has 0 aliphatic carbocycles. The highest BCUT2D eigenvalue weighted by Gasteiger charge is 2.29. The van der Waals surface area contributed by atoms with E-state index in [9.17, 15) is 0 Å². The van der Waals surface area contributed by atoms with Crippen LogP contribution in [0.1, 0.15) is 42.5 Å². The van der Waals surface area contributed by atoms with Crippen molar-refractivity contribution in [1.82, 2.24) is 4.57 Å². The minimum atomic E-state index is -0.259. The second-order valence-corrected chi connectivity index (χ2v) is 17.7. The van der Waals surface area contributed by atoms with Gasteiger partial charge in [0.1, 0.15) is 11.2 Å². The van der Waals surface area contributed by atoms with Crippen molar-refractivity contribution in [1.29, 1.82) is 0 Å². The summed E-state index contributed by atoms with van der Waals surface area (Å²) in [5.41, 5.74) is 11.8. The number of hydrogen-bond donors (Lipinski definition) is 0. The predicted molar refractivity (Wildman–Crippen MR) is 273 cm³/mol. The Labute approximate surface area is 376 Å². The van der Waals surface area contributed by atoms with Crippen LogP contribution in [0.2, 0.25) is 0 Å². The third kappa shape index (κ3) is 6.20. The zero-order chi connectivity index (χ0) is 43.0. The summed E-state index contributed by atoms with van der Waals surface area (Å²) in [6, 6.07) is 74.2. The van der Waals surface area contributed by atoms with E-state index in [1.54, 1.807) is 0 Å². The quantitative estimate of drug-likeness (QED) is 0.170. The zero-order valence-electron chi connectivity index (χ0n) is 35.9. The van der Waals surface area contributed by atoms with Crippen LogP contribution in [0.3, 0.4) is 0 Å². The number of fused-ring (bicyclic) bond motifs is 10. The average molecular weight is 834 g/mol. The molecule has 0 amide bonds. The topological polar surface area (TPSA) is 42.8 Å². The molecule has 0 spiro atoms. The standard InChI is InChI=1S/C61H43N3O/c1-38-26-33-55(49-24-13-20-41-16-7-9-21-47(41)49)62-61(43-29-27-40(28-30-43)39-14-3-2-4-15-39)63-58(38)54-37-46(36-53-50-23-11-12-25-57(50)65-60(53)54)64-56-35-45-19-6-5-18-44(45)34-52(56)51-32-31-42-17-8-10-22-48(42)59(51)64/h2-25,27-32,34-38,58H,26,33H2,1H3/b62-55+,63-61-/t38-,58?/m1/s1. The van der Waals surface area contributed by atoms with Crippen molar-refractivity contribution in [3.8, 4) is 16.8 Å². The first-order valence-corrected chi connectivity index (χ1v) is 22.7. The van der Waals surface area contributed by atoms with Gasteiger partial charge in [-0.3, -0.25) is 4.99 Å². The molecule has 0 saturated heterocycles. The molecule has 0 radical (unpaired) electrons. The Bertz CT molecular complexity index is 3900. The molecular weight excluding hydrogens is 791 g/mol. The highest BCUT2D eigenvalue weighted by Crippen LogP contribution is 2.44. The number of para-hydroxylation sites is 1. The summed E-state index contributed by atoms with van der Waals surface area (Å²) in [6.45, 7) is 2.36. The lowest BCUT2D eigenvalue weighted by molar-refractivity contribution is 0.444. The van der Waals surface area contributed by atoms with E-state index in [2.05, 4.69) is 218 Å². The van der Waals surface area contributed by atoms with Gasteiger partial charge in [0.2, 0.25) is 0 Å². The van der Waals surface area contributed by atoms with Crippen molar-refractivity contribution in [2.24, 2.45) is 15.9 Å². The van der Waals surface area contributed by atoms with Gasteiger partial charge in [0.25, 0.3) is 0 Å². The molecule has 1 unspecified atom stereocenters. The molecule has 0 N–H and O–H groups in total. The van der Waals surface area contributed by atoms with E-state index in [1.165, 1.54) is 59.7 Å². The third-order valence-corrected chi connectivity index (χ3v) is 13.8. The lowest BCUT2D eigenvalue weighted by atomic mass is 9.87. The number of furan rings is 1. The second-order valence-electron chi connectivity index (χ2n) is 17.7. The van der Waals surface area contributed by atoms with Crippen LogP contribution < -0.4 is 0 Å². The molecule has 2 atom stereocenters. The maximum atomic E-state index is 6.96. The Morgan fingerprint density at radius 3 is 1.95 bits per heavy atom. The van der Waals surface area contributed by atoms with Crippen LogP contribution in [0, 0.1) is 5.92 Å². The molecule has 65 heavy (non-hydrogen) atoms. The average Bonchev–Trinajstić information content (AvgIpc) is 3.90. The molecule has 1 aliphatic rings. The van der Waals surface area contributed by atoms with Crippen molar-refractivity contribution >= 4 is 87.6 Å². The van der Waals surface area contributed by atoms with E-state index < -0.39 is 0 Å². The van der Waals surface area contributed by atoms with Crippen LogP contribution in [0.15, 0.2) is 221 Å². The number of benzene rings is 10. The minimum absolute atomic E-state index is 0.142. The minimum Gasteiger partial charge on any atom is -0.456 e. The van der Waals surface area contributed by atoms with Crippen LogP contribution in [-0.2, 0) is 0 Å². The van der Waals surface area contributed by atoms with Gasteiger partial charge in [0.15, 0.2) is 5.84 Å². The summed E-state index contributed by atoms with van der Waals surface area (Å²) in [5.74, 6) is 0.872. The van der Waals surface area contributed by atoms with Gasteiger partial charge in [-0.2, -0.15) is 0 Å². The lowest BCUT2D eigenvalue weighted by Crippen LogP contribution is -2.18. The summed E-state index contributed by atoms with van der Waals surface area (Å²) in [4.78, 5) is 11.4. The number of amidine groups is 1. The normalized spacial score (nSPS) is 17.4. The third-order valence-electron chi connectivity index (χ3n) is 13.8. The molecule has 1 aliphatic heterocycles. The first kappa shape index (κ1) is 37.5. The van der Waals surface area contributed by atoms with Gasteiger partial charge in [-0.1, -0.05) is 183 Å². The molecule has 4 heteroatoms. The molecule has 0 bridgehead atoms. The summed E-state index contributed by atoms with van der Waals surface area (Å²) in [6.07, 6.45) is 1.70. The molecule has 12 aromatic rings. The van der Waals surface area contributed by atoms with Crippen LogP contribution in [0.25, 0.3) is 92.9 Å². The fourth-order valence-corrected chi connectivity index (χ4v) is 10.5. The number of nitrogens with zero attached hydrogens (tertiary/aromatic N) is 3. The van der Waals surface area contributed by atoms with E-state index in [0.717, 1.165) is 74.3 Å². The van der Waals surface area contributed by atoms with Crippen molar-refractivity contribution in [2.75, 3.05) is 0 Å². The van der Waals surface area contributed by atoms with Gasteiger partial charge in [0.05, 0.1) is 22.8 Å². The number of aliphatic imine (C=N–C) groups is 2. The summed E-state index contributed by atoms with van der Waals surface area (Å²) in [7, 11) is 0. The maximum Gasteiger partial charge on any atom is 0.155 e. The largest absolute Gasteiger partial charge is 0.456 e. The van der Waals surface area contributed by atoms with Gasteiger partial charge in [-0.15, -0.1) is 0 Å². The van der Waals surface area contributed by atoms with Gasteiger partial charge < -0.3 is 8.98 Å². The van der Waals surface area contributed by atoms with E-state index in [4.69, 9.17) is 14.4 Å². The highest BCUT2D eigenvalue weighted by atomic mass is 16.3. The number of rotatable bonds is 5. The van der Waals surface area contributed by atoms with Crippen molar-refractivity contribution in [3.05, 3.63) is 223 Å². The maximum absolute atomic E-state index is 6.96. The Morgan fingerprint density at radius 1 is 0.492 bits per heavy atom. The van der Waals surface area contributed by atoms with Gasteiger partial charge >= 0.3 is 0 Å². The SMILES string of the molecule is C[C@@H]1CC/C(c2cccc3ccccc23)=N\C(c2ccc(-c3ccccc3)cc2)=N/C1c1cc(-n2c3cc4ccccc4cc3c3ccc4ccccc4c32)cc2c1oc1ccccc12. The van der Waals surface area contributed by atoms with Crippen LogP contribution in [-0.4, -0.2) is 16.1 Å². The summed E-state index contributed by atoms with van der Waals surface area (Å²) >= 11 is 0. The van der Waals surface area contributed by atoms with E-state index in [-0.39, 0.29) is 12.0 Å². The molecule has 4 nitrogen and oxygen atoms in total. The zero-order valence-corrected chi connectivity index (χ0v) is 35.9. The van der Waals surface area contributed by atoms with E-state index >= 15 is 0 Å². The molecule has 3 heterocycles. The molecular formula is C61H43N3O. The van der Waals surface area contributed by atoms with Gasteiger partial charge in [-0.05, 0) is 87.1 Å². The van der Waals surface area contributed by atoms with Gasteiger partial charge in [-0.25, -0.2) is 4.99 Å². The van der Waals surface area contributed by atoms with Crippen molar-refractivity contribution in [2.45, 2.75) is 25.8 Å². The van der Waals surface area contributed by atoms with Gasteiger partial charge in [0, 0.05) is 49.3 Å². The Hall–Kier alpha value is -8.08. The Kier molecular flexibility index (Phi) is 8.67. The fourth-order valence-electron chi connectivity index (χ4n) is 10.5. The monoisotopic (exact) mass is 833 g/mol. The molecule has 0 fully saturated rings. The Balaban J connectivity index is 1.09. The van der Waals surface area contributed by atoms with E-state index in [0.29, 0.717) is 0 Å². The van der Waals surface area contributed by atoms with E-state index in [1.807, 2.05) is 0 Å². The van der Waals surface area contributed by atoms with Crippen LogP contribution in [0.4, 0.5) is 0 Å². The summed E-state index contributed by atoms with van der Waals surface area (Å²) < 4.78 is 9.46. The molecule has 0 saturated carbocycles. The number of aromatic nitrogens is 1. The second kappa shape index (κ2) is 15.0. The lowest BCUT2D eigenvalue weighted by Gasteiger charge is -2.26. The highest BCUT2D eigenvalue weighted by molar-refractivity contribution is 6.21. The van der Waals surface area contributed by atoms with Crippen molar-refractivity contribution in [3.63, 3.8) is 0 Å². The molecule has 13 rings (SSSR count). The molecule has 2 aromatic heterocycles. The predicted octanol–water partition coefficient (Wildman–Crippen LogP) is 16.2. The Morgan fingerprint density at radius 2 is 1.14 bits per heavy atom. The fraction of sp³-hybridized carbons (Fsp3) is 0.0820. The van der Waals surface area contributed by atoms with Crippen molar-refractivity contribution < 1.29 is 4.42 Å². The van der Waals surface area contributed by atoms with Crippen LogP contribution >= 0.6 is 0 Å². The first-order chi connectivity index (χ1) is 32.1. The first-order valence-electron chi connectivity index (χ1n) is 22.7. The summed E-state index contributed by atoms with van der Waals surface area (Å²) in [5, 5.41) is 11.9. The molecule has 10 aromatic carbocycles. The van der Waals surface area contributed by atoms with Crippen LogP contribution in [0.5, 0.6) is 0 Å². The number of hydrogen-bond acceptors (Lipinski definition) is 3. The molecule has 308 valence electrons. The smallest absolute Gasteiger partial charge is 0.155 e.